The summed E-state index contributed by atoms with van der Waals surface area (Å²) in [6.07, 6.45) is 0. The number of carbonyl (C=O) groups excluding carboxylic acids is 1. The third kappa shape index (κ3) is 4.98. The number of benzene rings is 1. The Morgan fingerprint density at radius 2 is 1.85 bits per heavy atom. The van der Waals surface area contributed by atoms with Gasteiger partial charge in [-0.2, -0.15) is 0 Å². The molecule has 3 N–H and O–H groups in total. The van der Waals surface area contributed by atoms with Crippen LogP contribution in [0, 0.1) is 6.92 Å². The van der Waals surface area contributed by atoms with E-state index < -0.39 is 0 Å². The number of nitrogens with zero attached hydrogens (tertiary/aromatic N) is 1. The van der Waals surface area contributed by atoms with E-state index in [1.165, 1.54) is 9.80 Å². The Balaban J connectivity index is 1.51. The molecule has 0 bridgehead atoms. The van der Waals surface area contributed by atoms with Gasteiger partial charge in [0.25, 0.3) is 5.91 Å². The number of hydrogen-bond acceptors (Lipinski definition) is 3. The van der Waals surface area contributed by atoms with Crippen molar-refractivity contribution in [2.24, 2.45) is 0 Å². The predicted molar refractivity (Wildman–Crippen MR) is 101 cm³/mol. The van der Waals surface area contributed by atoms with E-state index in [1.54, 1.807) is 18.2 Å². The van der Waals surface area contributed by atoms with E-state index in [0.29, 0.717) is 15.7 Å². The SMILES string of the molecule is Cc1cc(C[NH+]2CC[NH+]([C@@H](C)C(=O)Nc3cc(Cl)cc(Cl)c3)CC2)no1. The first-order valence-corrected chi connectivity index (χ1v) is 9.53. The molecule has 140 valence electrons. The lowest BCUT2D eigenvalue weighted by molar-refractivity contribution is -1.02. The maximum absolute atomic E-state index is 12.6. The number of halogens is 2. The highest BCUT2D eigenvalue weighted by Gasteiger charge is 2.31. The monoisotopic (exact) mass is 398 g/mol. The van der Waals surface area contributed by atoms with Gasteiger partial charge in [0.05, 0.1) is 0 Å². The van der Waals surface area contributed by atoms with Gasteiger partial charge in [0.2, 0.25) is 0 Å². The first-order chi connectivity index (χ1) is 12.4. The highest BCUT2D eigenvalue weighted by Crippen LogP contribution is 2.22. The van der Waals surface area contributed by atoms with Crippen LogP contribution in [0.4, 0.5) is 5.69 Å². The molecular weight excluding hydrogens is 375 g/mol. The average Bonchev–Trinajstić information content (AvgIpc) is 2.99. The standard InChI is InChI=1S/C18H22Cl2N4O2/c1-12-7-17(22-26-12)11-23-3-5-24(6-4-23)13(2)18(25)21-16-9-14(19)8-15(20)10-16/h7-10,13H,3-6,11H2,1-2H3,(H,21,25)/p+2/t13-/m0/s1. The number of amides is 1. The second-order valence-corrected chi connectivity index (χ2v) is 7.76. The van der Waals surface area contributed by atoms with Crippen LogP contribution in [0.25, 0.3) is 0 Å². The van der Waals surface area contributed by atoms with E-state index in [1.807, 2.05) is 19.9 Å². The van der Waals surface area contributed by atoms with Crippen LogP contribution < -0.4 is 15.1 Å². The summed E-state index contributed by atoms with van der Waals surface area (Å²) < 4.78 is 5.13. The van der Waals surface area contributed by atoms with E-state index in [-0.39, 0.29) is 11.9 Å². The molecule has 0 saturated carbocycles. The molecule has 3 rings (SSSR count). The molecular formula is C18H24Cl2N4O2+2. The fourth-order valence-corrected chi connectivity index (χ4v) is 3.88. The highest BCUT2D eigenvalue weighted by atomic mass is 35.5. The van der Waals surface area contributed by atoms with E-state index in [9.17, 15) is 4.79 Å². The Labute approximate surface area is 163 Å². The summed E-state index contributed by atoms with van der Waals surface area (Å²) in [7, 11) is 0. The molecule has 6 nitrogen and oxygen atoms in total. The summed E-state index contributed by atoms with van der Waals surface area (Å²) in [5.41, 5.74) is 1.62. The molecule has 1 aliphatic rings. The van der Waals surface area contributed by atoms with Crippen molar-refractivity contribution in [3.63, 3.8) is 0 Å². The van der Waals surface area contributed by atoms with Gasteiger partial charge >= 0.3 is 0 Å². The summed E-state index contributed by atoms with van der Waals surface area (Å²) in [5, 5.41) is 8.00. The van der Waals surface area contributed by atoms with Crippen molar-refractivity contribution in [3.8, 4) is 0 Å². The van der Waals surface area contributed by atoms with Crippen molar-refractivity contribution < 1.29 is 19.1 Å². The van der Waals surface area contributed by atoms with Gasteiger partial charge in [-0.3, -0.25) is 4.79 Å². The maximum Gasteiger partial charge on any atom is 0.282 e. The minimum atomic E-state index is -0.136. The van der Waals surface area contributed by atoms with Crippen LogP contribution in [0.5, 0.6) is 0 Å². The Hall–Kier alpha value is -1.60. The van der Waals surface area contributed by atoms with Crippen molar-refractivity contribution in [1.82, 2.24) is 5.16 Å². The second kappa shape index (κ2) is 8.39. The van der Waals surface area contributed by atoms with Crippen LogP contribution in [0.3, 0.4) is 0 Å². The van der Waals surface area contributed by atoms with Crippen molar-refractivity contribution in [3.05, 3.63) is 45.8 Å². The number of anilines is 1. The highest BCUT2D eigenvalue weighted by molar-refractivity contribution is 6.35. The molecule has 0 aliphatic carbocycles. The number of aryl methyl sites for hydroxylation is 1. The zero-order valence-corrected chi connectivity index (χ0v) is 16.5. The van der Waals surface area contributed by atoms with Crippen LogP contribution in [0.1, 0.15) is 18.4 Å². The van der Waals surface area contributed by atoms with Gasteiger partial charge in [-0.15, -0.1) is 0 Å². The lowest BCUT2D eigenvalue weighted by atomic mass is 10.2. The molecule has 26 heavy (non-hydrogen) atoms. The first kappa shape index (κ1) is 19.2. The molecule has 1 aromatic carbocycles. The summed E-state index contributed by atoms with van der Waals surface area (Å²) in [6.45, 7) is 8.62. The number of hydrogen-bond donors (Lipinski definition) is 3. The van der Waals surface area contributed by atoms with E-state index in [4.69, 9.17) is 27.7 Å². The zero-order chi connectivity index (χ0) is 18.7. The minimum absolute atomic E-state index is 0.0195. The first-order valence-electron chi connectivity index (χ1n) is 8.78. The van der Waals surface area contributed by atoms with E-state index >= 15 is 0 Å². The number of aromatic nitrogens is 1. The van der Waals surface area contributed by atoms with Gasteiger partial charge in [-0.25, -0.2) is 0 Å². The smallest absolute Gasteiger partial charge is 0.282 e. The van der Waals surface area contributed by atoms with Gasteiger partial charge in [0, 0.05) is 21.8 Å². The second-order valence-electron chi connectivity index (χ2n) is 6.88. The van der Waals surface area contributed by atoms with Crippen molar-refractivity contribution in [2.45, 2.75) is 26.4 Å². The molecule has 8 heteroatoms. The molecule has 1 atom stereocenters. The Bertz CT molecular complexity index is 752. The Morgan fingerprint density at radius 1 is 1.19 bits per heavy atom. The average molecular weight is 399 g/mol. The quantitative estimate of drug-likeness (QED) is 0.690. The number of nitrogens with one attached hydrogen (secondary N) is 3. The van der Waals surface area contributed by atoms with Crippen LogP contribution >= 0.6 is 23.2 Å². The topological polar surface area (TPSA) is 64.0 Å². The van der Waals surface area contributed by atoms with Crippen molar-refractivity contribution in [2.75, 3.05) is 31.5 Å². The van der Waals surface area contributed by atoms with Gasteiger partial charge in [0.1, 0.15) is 44.2 Å². The Morgan fingerprint density at radius 3 is 2.42 bits per heavy atom. The van der Waals surface area contributed by atoms with Gasteiger partial charge in [0.15, 0.2) is 6.04 Å². The van der Waals surface area contributed by atoms with Crippen molar-refractivity contribution in [1.29, 1.82) is 0 Å². The normalized spacial score (nSPS) is 21.4. The third-order valence-corrected chi connectivity index (χ3v) is 5.28. The van der Waals surface area contributed by atoms with Crippen LogP contribution in [-0.2, 0) is 11.3 Å². The number of quaternary nitrogens is 2. The zero-order valence-electron chi connectivity index (χ0n) is 14.9. The maximum atomic E-state index is 12.6. The Kier molecular flexibility index (Phi) is 6.19. The van der Waals surface area contributed by atoms with Crippen molar-refractivity contribution >= 4 is 34.8 Å². The van der Waals surface area contributed by atoms with Crippen LogP contribution in [0.15, 0.2) is 28.8 Å². The molecule has 2 heterocycles. The molecule has 0 unspecified atom stereocenters. The molecule has 1 amide bonds. The fourth-order valence-electron chi connectivity index (χ4n) is 3.35. The molecule has 0 radical (unpaired) electrons. The van der Waals surface area contributed by atoms with Gasteiger partial charge in [-0.05, 0) is 32.0 Å². The molecule has 1 saturated heterocycles. The lowest BCUT2D eigenvalue weighted by Crippen LogP contribution is -3.29. The van der Waals surface area contributed by atoms with Crippen LogP contribution in [-0.4, -0.2) is 43.3 Å². The summed E-state index contributed by atoms with van der Waals surface area (Å²) in [4.78, 5) is 15.3. The number of piperazine rings is 1. The summed E-state index contributed by atoms with van der Waals surface area (Å²) in [6, 6.07) is 6.90. The van der Waals surface area contributed by atoms with E-state index in [2.05, 4.69) is 10.5 Å². The third-order valence-electron chi connectivity index (χ3n) is 4.84. The molecule has 1 fully saturated rings. The molecule has 0 spiro atoms. The van der Waals surface area contributed by atoms with Crippen LogP contribution in [0.2, 0.25) is 10.0 Å². The molecule has 1 aromatic heterocycles. The molecule has 1 aliphatic heterocycles. The van der Waals surface area contributed by atoms with Gasteiger partial charge in [-0.1, -0.05) is 28.4 Å². The summed E-state index contributed by atoms with van der Waals surface area (Å²) >= 11 is 12.0. The predicted octanol–water partition coefficient (Wildman–Crippen LogP) is 0.600. The fraction of sp³-hybridized carbons (Fsp3) is 0.444. The summed E-state index contributed by atoms with van der Waals surface area (Å²) in [5.74, 6) is 0.823. The van der Waals surface area contributed by atoms with E-state index in [0.717, 1.165) is 44.2 Å². The van der Waals surface area contributed by atoms with Gasteiger partial charge < -0.3 is 19.6 Å². The number of rotatable bonds is 5. The largest absolute Gasteiger partial charge is 0.361 e. The number of carbonyl (C=O) groups is 1. The molecule has 2 aromatic rings. The minimum Gasteiger partial charge on any atom is -0.361 e. The lowest BCUT2D eigenvalue weighted by Gasteiger charge is -2.32.